The highest BCUT2D eigenvalue weighted by Gasteiger charge is 2.36. The van der Waals surface area contributed by atoms with E-state index in [1.807, 2.05) is 0 Å². The van der Waals surface area contributed by atoms with Crippen molar-refractivity contribution in [1.82, 2.24) is 10.2 Å². The highest BCUT2D eigenvalue weighted by atomic mass is 15.2. The van der Waals surface area contributed by atoms with Gasteiger partial charge in [-0.25, -0.2) is 0 Å². The first-order valence-corrected chi connectivity index (χ1v) is 9.22. The summed E-state index contributed by atoms with van der Waals surface area (Å²) in [4.78, 5) is 2.84. The molecule has 3 aliphatic rings. The zero-order valence-corrected chi connectivity index (χ0v) is 13.6. The molecule has 1 N–H and O–H groups in total. The van der Waals surface area contributed by atoms with Gasteiger partial charge < -0.3 is 5.32 Å². The summed E-state index contributed by atoms with van der Waals surface area (Å²) < 4.78 is 0. The van der Waals surface area contributed by atoms with E-state index >= 15 is 0 Å². The van der Waals surface area contributed by atoms with Gasteiger partial charge in [0.25, 0.3) is 0 Å². The van der Waals surface area contributed by atoms with Crippen molar-refractivity contribution in [2.75, 3.05) is 13.1 Å². The Morgan fingerprint density at radius 3 is 2.40 bits per heavy atom. The third kappa shape index (κ3) is 3.57. The van der Waals surface area contributed by atoms with Crippen LogP contribution in [0.25, 0.3) is 0 Å². The summed E-state index contributed by atoms with van der Waals surface area (Å²) in [5, 5.41) is 3.98. The van der Waals surface area contributed by atoms with Crippen LogP contribution in [0.15, 0.2) is 0 Å². The predicted octanol–water partition coefficient (Wildman–Crippen LogP) is 3.81. The average molecular weight is 278 g/mol. The van der Waals surface area contributed by atoms with Gasteiger partial charge in [-0.1, -0.05) is 39.5 Å². The molecule has 2 aliphatic carbocycles. The van der Waals surface area contributed by atoms with E-state index in [2.05, 4.69) is 24.1 Å². The van der Waals surface area contributed by atoms with Gasteiger partial charge in [0.15, 0.2) is 0 Å². The third-order valence-corrected chi connectivity index (χ3v) is 5.84. The van der Waals surface area contributed by atoms with E-state index in [9.17, 15) is 0 Å². The molecule has 0 amide bonds. The van der Waals surface area contributed by atoms with Crippen LogP contribution in [-0.4, -0.2) is 36.1 Å². The zero-order valence-electron chi connectivity index (χ0n) is 13.6. The van der Waals surface area contributed by atoms with Gasteiger partial charge in [-0.3, -0.25) is 4.90 Å². The van der Waals surface area contributed by atoms with Crippen LogP contribution < -0.4 is 5.32 Å². The monoisotopic (exact) mass is 278 g/mol. The topological polar surface area (TPSA) is 15.3 Å². The van der Waals surface area contributed by atoms with Crippen molar-refractivity contribution in [3.05, 3.63) is 0 Å². The highest BCUT2D eigenvalue weighted by molar-refractivity contribution is 4.95. The Morgan fingerprint density at radius 1 is 1.00 bits per heavy atom. The van der Waals surface area contributed by atoms with E-state index in [1.165, 1.54) is 70.9 Å². The molecular formula is C18H34N2. The van der Waals surface area contributed by atoms with Crippen molar-refractivity contribution in [3.8, 4) is 0 Å². The molecule has 1 heterocycles. The molecule has 0 radical (unpaired) electrons. The van der Waals surface area contributed by atoms with E-state index < -0.39 is 0 Å². The fourth-order valence-electron chi connectivity index (χ4n) is 4.97. The van der Waals surface area contributed by atoms with Crippen LogP contribution in [0, 0.1) is 11.8 Å². The third-order valence-electron chi connectivity index (χ3n) is 5.84. The summed E-state index contributed by atoms with van der Waals surface area (Å²) >= 11 is 0. The van der Waals surface area contributed by atoms with Crippen LogP contribution in [-0.2, 0) is 0 Å². The lowest BCUT2D eigenvalue weighted by Crippen LogP contribution is -2.45. The minimum absolute atomic E-state index is 0.780. The van der Waals surface area contributed by atoms with Crippen LogP contribution >= 0.6 is 0 Å². The number of hydrogen-bond acceptors (Lipinski definition) is 2. The largest absolute Gasteiger partial charge is 0.310 e. The van der Waals surface area contributed by atoms with E-state index in [1.54, 1.807) is 0 Å². The highest BCUT2D eigenvalue weighted by Crippen LogP contribution is 2.34. The van der Waals surface area contributed by atoms with Crippen molar-refractivity contribution < 1.29 is 0 Å². The molecule has 3 fully saturated rings. The van der Waals surface area contributed by atoms with Gasteiger partial charge in [-0.05, 0) is 43.9 Å². The standard InChI is InChI=1S/C18H34N2/c1-14(2)12-20(17-8-4-5-9-17)13-16-11-15-7-3-6-10-18(15)19-16/h14-19H,3-13H2,1-2H3. The summed E-state index contributed by atoms with van der Waals surface area (Å²) in [5.74, 6) is 1.80. The van der Waals surface area contributed by atoms with Crippen molar-refractivity contribution in [2.24, 2.45) is 11.8 Å². The molecule has 3 rings (SSSR count). The van der Waals surface area contributed by atoms with Crippen LogP contribution in [0.4, 0.5) is 0 Å². The Hall–Kier alpha value is -0.0800. The summed E-state index contributed by atoms with van der Waals surface area (Å²) in [6.07, 6.45) is 13.1. The molecule has 2 heteroatoms. The number of nitrogens with zero attached hydrogens (tertiary/aromatic N) is 1. The Kier molecular flexibility index (Phi) is 5.04. The molecular weight excluding hydrogens is 244 g/mol. The van der Waals surface area contributed by atoms with Crippen molar-refractivity contribution >= 4 is 0 Å². The van der Waals surface area contributed by atoms with Gasteiger partial charge in [0.05, 0.1) is 0 Å². The summed E-state index contributed by atoms with van der Waals surface area (Å²) in [5.41, 5.74) is 0. The molecule has 0 bridgehead atoms. The van der Waals surface area contributed by atoms with Gasteiger partial charge in [-0.2, -0.15) is 0 Å². The molecule has 2 nitrogen and oxygen atoms in total. The van der Waals surface area contributed by atoms with Crippen LogP contribution in [0.1, 0.15) is 71.6 Å². The van der Waals surface area contributed by atoms with E-state index in [0.29, 0.717) is 0 Å². The lowest BCUT2D eigenvalue weighted by atomic mass is 9.85. The zero-order chi connectivity index (χ0) is 13.9. The predicted molar refractivity (Wildman–Crippen MR) is 86.0 cm³/mol. The fraction of sp³-hybridized carbons (Fsp3) is 1.00. The number of hydrogen-bond donors (Lipinski definition) is 1. The first-order chi connectivity index (χ1) is 9.72. The maximum absolute atomic E-state index is 3.98. The second-order valence-electron chi connectivity index (χ2n) is 8.04. The molecule has 0 aromatic rings. The van der Waals surface area contributed by atoms with Crippen molar-refractivity contribution in [3.63, 3.8) is 0 Å². The minimum Gasteiger partial charge on any atom is -0.310 e. The molecule has 0 aromatic carbocycles. The maximum Gasteiger partial charge on any atom is 0.0201 e. The quantitative estimate of drug-likeness (QED) is 0.822. The fourth-order valence-corrected chi connectivity index (χ4v) is 4.97. The first kappa shape index (κ1) is 14.8. The summed E-state index contributed by atoms with van der Waals surface area (Å²) in [6, 6.07) is 2.53. The van der Waals surface area contributed by atoms with Crippen molar-refractivity contribution in [1.29, 1.82) is 0 Å². The Bertz CT molecular complexity index is 282. The number of fused-ring (bicyclic) bond motifs is 1. The molecule has 3 atom stereocenters. The smallest absolute Gasteiger partial charge is 0.0201 e. The van der Waals surface area contributed by atoms with E-state index in [-0.39, 0.29) is 0 Å². The molecule has 0 spiro atoms. The second-order valence-corrected chi connectivity index (χ2v) is 8.04. The molecule has 20 heavy (non-hydrogen) atoms. The molecule has 1 saturated heterocycles. The first-order valence-electron chi connectivity index (χ1n) is 9.22. The Labute approximate surface area is 125 Å². The van der Waals surface area contributed by atoms with Crippen molar-refractivity contribution in [2.45, 2.75) is 89.8 Å². The molecule has 116 valence electrons. The minimum atomic E-state index is 0.780. The van der Waals surface area contributed by atoms with Gasteiger partial charge in [-0.15, -0.1) is 0 Å². The second kappa shape index (κ2) is 6.79. The molecule has 3 unspecified atom stereocenters. The maximum atomic E-state index is 3.98. The summed E-state index contributed by atoms with van der Waals surface area (Å²) in [6.45, 7) is 7.38. The Morgan fingerprint density at radius 2 is 1.70 bits per heavy atom. The number of rotatable bonds is 5. The Balaban J connectivity index is 1.55. The van der Waals surface area contributed by atoms with Crippen LogP contribution in [0.2, 0.25) is 0 Å². The summed E-state index contributed by atoms with van der Waals surface area (Å²) in [7, 11) is 0. The lowest BCUT2D eigenvalue weighted by molar-refractivity contribution is 0.161. The molecule has 1 aliphatic heterocycles. The van der Waals surface area contributed by atoms with Gasteiger partial charge >= 0.3 is 0 Å². The van der Waals surface area contributed by atoms with Gasteiger partial charge in [0.2, 0.25) is 0 Å². The van der Waals surface area contributed by atoms with Crippen LogP contribution in [0.5, 0.6) is 0 Å². The molecule has 0 aromatic heterocycles. The van der Waals surface area contributed by atoms with Crippen LogP contribution in [0.3, 0.4) is 0 Å². The van der Waals surface area contributed by atoms with E-state index in [0.717, 1.165) is 30.0 Å². The SMILES string of the molecule is CC(C)CN(CC1CC2CCCCC2N1)C1CCCC1. The normalized spacial score (nSPS) is 35.1. The average Bonchev–Trinajstić information content (AvgIpc) is 3.06. The van der Waals surface area contributed by atoms with Gasteiger partial charge in [0.1, 0.15) is 0 Å². The molecule has 2 saturated carbocycles. The van der Waals surface area contributed by atoms with Gasteiger partial charge in [0, 0.05) is 31.2 Å². The van der Waals surface area contributed by atoms with E-state index in [4.69, 9.17) is 0 Å². The number of nitrogens with one attached hydrogen (secondary N) is 1. The lowest BCUT2D eigenvalue weighted by Gasteiger charge is -2.33.